The summed E-state index contributed by atoms with van der Waals surface area (Å²) in [4.78, 5) is 0. The lowest BCUT2D eigenvalue weighted by atomic mass is 9.74. The van der Waals surface area contributed by atoms with Gasteiger partial charge < -0.3 is 5.32 Å². The molecule has 0 aromatic heterocycles. The molecule has 1 aromatic rings. The van der Waals surface area contributed by atoms with Gasteiger partial charge in [0.2, 0.25) is 0 Å². The minimum atomic E-state index is 0.194. The van der Waals surface area contributed by atoms with E-state index in [0.717, 1.165) is 6.54 Å². The molecule has 0 fully saturated rings. The number of rotatable bonds is 8. The molecular weight excluding hydrogens is 254 g/mol. The normalized spacial score (nSPS) is 15.0. The zero-order chi connectivity index (χ0) is 15.9. The van der Waals surface area contributed by atoms with Crippen LogP contribution in [0, 0.1) is 12.3 Å². The Balaban J connectivity index is 2.85. The largest absolute Gasteiger partial charge is 0.312 e. The van der Waals surface area contributed by atoms with Crippen molar-refractivity contribution < 1.29 is 0 Å². The van der Waals surface area contributed by atoms with Crippen LogP contribution < -0.4 is 5.32 Å². The van der Waals surface area contributed by atoms with Crippen LogP contribution in [0.3, 0.4) is 0 Å². The van der Waals surface area contributed by atoms with Crippen LogP contribution >= 0.6 is 0 Å². The first kappa shape index (κ1) is 18.2. The van der Waals surface area contributed by atoms with Crippen LogP contribution in [0.15, 0.2) is 24.3 Å². The minimum Gasteiger partial charge on any atom is -0.312 e. The third-order valence-corrected chi connectivity index (χ3v) is 4.50. The number of hydrogen-bond donors (Lipinski definition) is 1. The Morgan fingerprint density at radius 1 is 1.00 bits per heavy atom. The predicted molar refractivity (Wildman–Crippen MR) is 94.9 cm³/mol. The van der Waals surface area contributed by atoms with Crippen LogP contribution in [0.5, 0.6) is 0 Å². The minimum absolute atomic E-state index is 0.194. The highest BCUT2D eigenvalue weighted by Crippen LogP contribution is 2.33. The average Bonchev–Trinajstić information content (AvgIpc) is 2.43. The van der Waals surface area contributed by atoms with Crippen LogP contribution in [0.25, 0.3) is 0 Å². The fourth-order valence-corrected chi connectivity index (χ4v) is 2.81. The molecule has 0 aliphatic carbocycles. The van der Waals surface area contributed by atoms with Gasteiger partial charge >= 0.3 is 0 Å². The second kappa shape index (κ2) is 7.98. The number of aryl methyl sites for hydroxylation is 1. The van der Waals surface area contributed by atoms with Crippen molar-refractivity contribution in [2.75, 3.05) is 6.54 Å². The fourth-order valence-electron chi connectivity index (χ4n) is 2.81. The summed E-state index contributed by atoms with van der Waals surface area (Å²) in [7, 11) is 0. The molecule has 0 saturated carbocycles. The number of nitrogens with one attached hydrogen (secondary N) is 1. The van der Waals surface area contributed by atoms with E-state index in [1.54, 1.807) is 0 Å². The highest BCUT2D eigenvalue weighted by molar-refractivity contribution is 5.22. The SMILES string of the molecule is CCCCC(CC)(CNC(C)(C)C)Cc1ccc(C)cc1. The average molecular weight is 290 g/mol. The molecule has 0 radical (unpaired) electrons. The molecule has 21 heavy (non-hydrogen) atoms. The zero-order valence-corrected chi connectivity index (χ0v) is 15.1. The Morgan fingerprint density at radius 3 is 2.10 bits per heavy atom. The van der Waals surface area contributed by atoms with Crippen molar-refractivity contribution in [3.63, 3.8) is 0 Å². The molecule has 0 bridgehead atoms. The van der Waals surface area contributed by atoms with Crippen LogP contribution in [-0.2, 0) is 6.42 Å². The third-order valence-electron chi connectivity index (χ3n) is 4.50. The topological polar surface area (TPSA) is 12.0 Å². The molecule has 1 nitrogen and oxygen atoms in total. The van der Waals surface area contributed by atoms with Crippen molar-refractivity contribution in [2.24, 2.45) is 5.41 Å². The maximum atomic E-state index is 3.75. The van der Waals surface area contributed by atoms with E-state index in [2.05, 4.69) is 71.1 Å². The van der Waals surface area contributed by atoms with Crippen LogP contribution in [-0.4, -0.2) is 12.1 Å². The first-order chi connectivity index (χ1) is 9.80. The second-order valence-electron chi connectivity index (χ2n) is 7.72. The Kier molecular flexibility index (Phi) is 6.93. The van der Waals surface area contributed by atoms with E-state index in [1.807, 2.05) is 0 Å². The molecule has 0 amide bonds. The van der Waals surface area contributed by atoms with Crippen molar-refractivity contribution >= 4 is 0 Å². The van der Waals surface area contributed by atoms with E-state index >= 15 is 0 Å². The summed E-state index contributed by atoms with van der Waals surface area (Å²) in [6.45, 7) is 14.7. The Bertz CT molecular complexity index is 399. The van der Waals surface area contributed by atoms with Gasteiger partial charge in [-0.2, -0.15) is 0 Å². The van der Waals surface area contributed by atoms with Crippen molar-refractivity contribution in [1.29, 1.82) is 0 Å². The molecule has 0 aliphatic heterocycles. The van der Waals surface area contributed by atoms with E-state index < -0.39 is 0 Å². The smallest absolute Gasteiger partial charge is 0.00967 e. The van der Waals surface area contributed by atoms with Crippen molar-refractivity contribution in [2.45, 2.75) is 79.2 Å². The molecule has 1 N–H and O–H groups in total. The van der Waals surface area contributed by atoms with Gasteiger partial charge in [-0.15, -0.1) is 0 Å². The molecular formula is C20H35N. The molecule has 0 spiro atoms. The van der Waals surface area contributed by atoms with Crippen molar-refractivity contribution in [1.82, 2.24) is 5.32 Å². The van der Waals surface area contributed by atoms with Crippen LogP contribution in [0.2, 0.25) is 0 Å². The lowest BCUT2D eigenvalue weighted by molar-refractivity contribution is 0.206. The molecule has 1 aromatic carbocycles. The van der Waals surface area contributed by atoms with E-state index in [4.69, 9.17) is 0 Å². The van der Waals surface area contributed by atoms with Gasteiger partial charge in [0.25, 0.3) is 0 Å². The van der Waals surface area contributed by atoms with Gasteiger partial charge in [0.1, 0.15) is 0 Å². The molecule has 0 saturated heterocycles. The molecule has 1 unspecified atom stereocenters. The Hall–Kier alpha value is -0.820. The summed E-state index contributed by atoms with van der Waals surface area (Å²) in [5, 5.41) is 3.75. The third kappa shape index (κ3) is 6.65. The maximum Gasteiger partial charge on any atom is 0.00967 e. The lowest BCUT2D eigenvalue weighted by Crippen LogP contribution is -2.44. The predicted octanol–water partition coefficient (Wildman–Crippen LogP) is 5.51. The van der Waals surface area contributed by atoms with Crippen LogP contribution in [0.1, 0.15) is 71.4 Å². The first-order valence-electron chi connectivity index (χ1n) is 8.61. The first-order valence-corrected chi connectivity index (χ1v) is 8.61. The quantitative estimate of drug-likeness (QED) is 0.665. The standard InChI is InChI=1S/C20H35N/c1-7-9-14-20(8-2,16-21-19(4,5)6)15-18-12-10-17(3)11-13-18/h10-13,21H,7-9,14-16H2,1-6H3. The molecule has 120 valence electrons. The number of unbranched alkanes of at least 4 members (excludes halogenated alkanes) is 1. The number of hydrogen-bond acceptors (Lipinski definition) is 1. The van der Waals surface area contributed by atoms with Gasteiger partial charge in [-0.3, -0.25) is 0 Å². The van der Waals surface area contributed by atoms with Crippen molar-refractivity contribution in [3.8, 4) is 0 Å². The molecule has 1 heteroatoms. The molecule has 1 atom stereocenters. The molecule has 0 heterocycles. The van der Waals surface area contributed by atoms with Gasteiger partial charge in [0, 0.05) is 12.1 Å². The van der Waals surface area contributed by atoms with Gasteiger partial charge in [-0.25, -0.2) is 0 Å². The monoisotopic (exact) mass is 289 g/mol. The highest BCUT2D eigenvalue weighted by Gasteiger charge is 2.29. The second-order valence-corrected chi connectivity index (χ2v) is 7.72. The summed E-state index contributed by atoms with van der Waals surface area (Å²) in [6.07, 6.45) is 6.35. The van der Waals surface area contributed by atoms with E-state index in [0.29, 0.717) is 5.41 Å². The molecule has 1 rings (SSSR count). The van der Waals surface area contributed by atoms with Crippen molar-refractivity contribution in [3.05, 3.63) is 35.4 Å². The highest BCUT2D eigenvalue weighted by atomic mass is 15.0. The van der Waals surface area contributed by atoms with E-state index in [-0.39, 0.29) is 5.54 Å². The van der Waals surface area contributed by atoms with Gasteiger partial charge in [-0.1, -0.05) is 56.5 Å². The molecule has 0 aliphatic rings. The van der Waals surface area contributed by atoms with Gasteiger partial charge in [0.05, 0.1) is 0 Å². The van der Waals surface area contributed by atoms with Crippen LogP contribution in [0.4, 0.5) is 0 Å². The van der Waals surface area contributed by atoms with Gasteiger partial charge in [-0.05, 0) is 57.9 Å². The van der Waals surface area contributed by atoms with Gasteiger partial charge in [0.15, 0.2) is 0 Å². The van der Waals surface area contributed by atoms with E-state index in [1.165, 1.54) is 43.2 Å². The summed E-state index contributed by atoms with van der Waals surface area (Å²) < 4.78 is 0. The summed E-state index contributed by atoms with van der Waals surface area (Å²) in [6, 6.07) is 9.10. The lowest BCUT2D eigenvalue weighted by Gasteiger charge is -2.37. The summed E-state index contributed by atoms with van der Waals surface area (Å²) >= 11 is 0. The Morgan fingerprint density at radius 2 is 1.62 bits per heavy atom. The van der Waals surface area contributed by atoms with E-state index in [9.17, 15) is 0 Å². The maximum absolute atomic E-state index is 3.75. The fraction of sp³-hybridized carbons (Fsp3) is 0.700. The zero-order valence-electron chi connectivity index (χ0n) is 15.1. The Labute approximate surface area is 132 Å². The summed E-state index contributed by atoms with van der Waals surface area (Å²) in [5.41, 5.74) is 3.41. The summed E-state index contributed by atoms with van der Waals surface area (Å²) in [5.74, 6) is 0. The number of benzene rings is 1.